The molecule has 2 aromatic rings. The number of thiazole rings is 1. The van der Waals surface area contributed by atoms with Crippen LogP contribution in [0.1, 0.15) is 34.8 Å². The van der Waals surface area contributed by atoms with E-state index >= 15 is 0 Å². The number of aromatic nitrogens is 2. The Morgan fingerprint density at radius 2 is 1.96 bits per heavy atom. The molecular weight excluding hydrogens is 332 g/mol. The van der Waals surface area contributed by atoms with Crippen molar-refractivity contribution in [2.75, 3.05) is 31.1 Å². The highest BCUT2D eigenvalue weighted by Crippen LogP contribution is 2.27. The van der Waals surface area contributed by atoms with Crippen molar-refractivity contribution < 1.29 is 4.79 Å². The fraction of sp³-hybridized carbons (Fsp3) is 0.526. The van der Waals surface area contributed by atoms with Gasteiger partial charge in [0.25, 0.3) is 0 Å². The number of pyridine rings is 1. The van der Waals surface area contributed by atoms with Crippen molar-refractivity contribution in [3.63, 3.8) is 0 Å². The highest BCUT2D eigenvalue weighted by molar-refractivity contribution is 7.11. The molecule has 0 atom stereocenters. The number of hydrogen-bond acceptors (Lipinski definition) is 5. The number of fused-ring (bicyclic) bond motifs is 1. The highest BCUT2D eigenvalue weighted by atomic mass is 32.1. The van der Waals surface area contributed by atoms with Gasteiger partial charge in [-0.2, -0.15) is 0 Å². The van der Waals surface area contributed by atoms with Crippen molar-refractivity contribution >= 4 is 23.1 Å². The summed E-state index contributed by atoms with van der Waals surface area (Å²) < 4.78 is 0. The average Bonchev–Trinajstić information content (AvgIpc) is 3.10. The van der Waals surface area contributed by atoms with E-state index < -0.39 is 0 Å². The molecule has 0 spiro atoms. The quantitative estimate of drug-likeness (QED) is 0.845. The van der Waals surface area contributed by atoms with Crippen molar-refractivity contribution in [2.24, 2.45) is 0 Å². The topological polar surface area (TPSA) is 49.3 Å². The van der Waals surface area contributed by atoms with Crippen LogP contribution in [-0.2, 0) is 24.1 Å². The molecule has 0 bridgehead atoms. The van der Waals surface area contributed by atoms with E-state index in [2.05, 4.69) is 9.88 Å². The summed E-state index contributed by atoms with van der Waals surface area (Å²) in [6.45, 7) is 3.27. The van der Waals surface area contributed by atoms with Crippen molar-refractivity contribution in [1.82, 2.24) is 14.9 Å². The van der Waals surface area contributed by atoms with Gasteiger partial charge in [0, 0.05) is 50.1 Å². The fourth-order valence-electron chi connectivity index (χ4n) is 3.61. The van der Waals surface area contributed by atoms with Gasteiger partial charge in [0.15, 0.2) is 0 Å². The van der Waals surface area contributed by atoms with Crippen LogP contribution in [0.2, 0.25) is 0 Å². The number of hydrogen-bond donors (Lipinski definition) is 0. The van der Waals surface area contributed by atoms with Gasteiger partial charge in [-0.15, -0.1) is 11.3 Å². The Morgan fingerprint density at radius 1 is 1.12 bits per heavy atom. The third kappa shape index (κ3) is 3.84. The van der Waals surface area contributed by atoms with Crippen LogP contribution in [0, 0.1) is 0 Å². The molecule has 3 heterocycles. The largest absolute Gasteiger partial charge is 0.353 e. The van der Waals surface area contributed by atoms with E-state index in [0.717, 1.165) is 49.8 Å². The van der Waals surface area contributed by atoms with Gasteiger partial charge in [-0.1, -0.05) is 6.07 Å². The third-order valence-corrected chi connectivity index (χ3v) is 6.27. The van der Waals surface area contributed by atoms with Gasteiger partial charge in [-0.05, 0) is 37.8 Å². The maximum Gasteiger partial charge on any atom is 0.223 e. The van der Waals surface area contributed by atoms with Crippen LogP contribution in [0.25, 0.3) is 0 Å². The van der Waals surface area contributed by atoms with Gasteiger partial charge < -0.3 is 9.80 Å². The van der Waals surface area contributed by atoms with Gasteiger partial charge in [-0.3, -0.25) is 4.79 Å². The van der Waals surface area contributed by atoms with E-state index in [4.69, 9.17) is 4.98 Å². The van der Waals surface area contributed by atoms with Gasteiger partial charge in [0.2, 0.25) is 5.91 Å². The van der Waals surface area contributed by atoms with E-state index in [-0.39, 0.29) is 5.91 Å². The smallest absolute Gasteiger partial charge is 0.223 e. The number of piperazine rings is 1. The van der Waals surface area contributed by atoms with Crippen molar-refractivity contribution in [3.05, 3.63) is 40.0 Å². The Labute approximate surface area is 152 Å². The second kappa shape index (κ2) is 7.52. The molecular formula is C19H24N4OS. The monoisotopic (exact) mass is 356 g/mol. The number of amides is 1. The number of aryl methyl sites for hydroxylation is 3. The van der Waals surface area contributed by atoms with Gasteiger partial charge in [0.05, 0.1) is 10.7 Å². The van der Waals surface area contributed by atoms with Crippen LogP contribution in [0.5, 0.6) is 0 Å². The summed E-state index contributed by atoms with van der Waals surface area (Å²) in [7, 11) is 0. The highest BCUT2D eigenvalue weighted by Gasteiger charge is 2.22. The van der Waals surface area contributed by atoms with E-state index in [1.54, 1.807) is 0 Å². The van der Waals surface area contributed by atoms with Crippen LogP contribution in [0.4, 0.5) is 5.82 Å². The molecule has 1 saturated heterocycles. The lowest BCUT2D eigenvalue weighted by molar-refractivity contribution is -0.131. The molecule has 2 aromatic heterocycles. The Kier molecular flexibility index (Phi) is 4.97. The molecule has 0 unspecified atom stereocenters. The summed E-state index contributed by atoms with van der Waals surface area (Å²) in [6.07, 6.45) is 8.03. The van der Waals surface area contributed by atoms with E-state index in [9.17, 15) is 4.79 Å². The Morgan fingerprint density at radius 3 is 2.72 bits per heavy atom. The maximum absolute atomic E-state index is 12.5. The standard InChI is InChI=1S/C19H24N4OS/c24-19(9-8-18-21-15-5-1-2-6-16(15)25-18)23-13-11-22(12-14-23)17-7-3-4-10-20-17/h3-4,7,10H,1-2,5-6,8-9,11-14H2. The average molecular weight is 356 g/mol. The summed E-state index contributed by atoms with van der Waals surface area (Å²) in [6, 6.07) is 5.97. The Balaban J connectivity index is 1.27. The van der Waals surface area contributed by atoms with Crippen molar-refractivity contribution in [3.8, 4) is 0 Å². The number of anilines is 1. The van der Waals surface area contributed by atoms with Gasteiger partial charge in [0.1, 0.15) is 5.82 Å². The molecule has 1 amide bonds. The van der Waals surface area contributed by atoms with Crippen molar-refractivity contribution in [2.45, 2.75) is 38.5 Å². The molecule has 6 heteroatoms. The molecule has 25 heavy (non-hydrogen) atoms. The second-order valence-electron chi connectivity index (χ2n) is 6.74. The molecule has 0 aromatic carbocycles. The minimum absolute atomic E-state index is 0.258. The zero-order valence-corrected chi connectivity index (χ0v) is 15.3. The molecule has 0 N–H and O–H groups in total. The van der Waals surface area contributed by atoms with Crippen LogP contribution in [0.15, 0.2) is 24.4 Å². The summed E-state index contributed by atoms with van der Waals surface area (Å²) >= 11 is 1.82. The number of nitrogens with zero attached hydrogens (tertiary/aromatic N) is 4. The third-order valence-electron chi connectivity index (χ3n) is 5.05. The molecule has 1 aliphatic heterocycles. The second-order valence-corrected chi connectivity index (χ2v) is 7.91. The molecule has 1 aliphatic carbocycles. The Bertz CT molecular complexity index is 699. The van der Waals surface area contributed by atoms with Crippen LogP contribution in [0.3, 0.4) is 0 Å². The first-order valence-electron chi connectivity index (χ1n) is 9.21. The van der Waals surface area contributed by atoms with E-state index in [0.29, 0.717) is 6.42 Å². The lowest BCUT2D eigenvalue weighted by atomic mass is 10.0. The lowest BCUT2D eigenvalue weighted by Gasteiger charge is -2.35. The van der Waals surface area contributed by atoms with Crippen molar-refractivity contribution in [1.29, 1.82) is 0 Å². The molecule has 4 rings (SSSR count). The van der Waals surface area contributed by atoms with Gasteiger partial charge >= 0.3 is 0 Å². The molecule has 132 valence electrons. The maximum atomic E-state index is 12.5. The minimum atomic E-state index is 0.258. The molecule has 5 nitrogen and oxygen atoms in total. The van der Waals surface area contributed by atoms with Crippen LogP contribution in [-0.4, -0.2) is 47.0 Å². The zero-order valence-electron chi connectivity index (χ0n) is 14.5. The predicted octanol–water partition coefficient (Wildman–Crippen LogP) is 2.70. The summed E-state index contributed by atoms with van der Waals surface area (Å²) in [5.41, 5.74) is 1.29. The lowest BCUT2D eigenvalue weighted by Crippen LogP contribution is -2.49. The summed E-state index contributed by atoms with van der Waals surface area (Å²) in [5, 5.41) is 1.15. The predicted molar refractivity (Wildman–Crippen MR) is 100 cm³/mol. The Hall–Kier alpha value is -1.95. The zero-order chi connectivity index (χ0) is 17.1. The number of carbonyl (C=O) groups excluding carboxylic acids is 1. The van der Waals surface area contributed by atoms with Gasteiger partial charge in [-0.25, -0.2) is 9.97 Å². The first kappa shape index (κ1) is 16.5. The first-order chi connectivity index (χ1) is 12.3. The summed E-state index contributed by atoms with van der Waals surface area (Å²) in [4.78, 5) is 27.4. The molecule has 0 saturated carbocycles. The minimum Gasteiger partial charge on any atom is -0.353 e. The fourth-order valence-corrected chi connectivity index (χ4v) is 4.77. The molecule has 0 radical (unpaired) electrons. The van der Waals surface area contributed by atoms with E-state index in [1.807, 2.05) is 40.6 Å². The normalized spacial score (nSPS) is 17.4. The number of rotatable bonds is 4. The molecule has 2 aliphatic rings. The van der Waals surface area contributed by atoms with Crippen LogP contribution >= 0.6 is 11.3 Å². The SMILES string of the molecule is O=C(CCc1nc2c(s1)CCCC2)N1CCN(c2ccccn2)CC1. The first-order valence-corrected chi connectivity index (χ1v) is 10.0. The van der Waals surface area contributed by atoms with E-state index in [1.165, 1.54) is 29.8 Å². The van der Waals surface area contributed by atoms with Crippen LogP contribution < -0.4 is 4.90 Å². The molecule has 1 fully saturated rings. The summed E-state index contributed by atoms with van der Waals surface area (Å²) in [5.74, 6) is 1.26. The number of carbonyl (C=O) groups is 1.